The molecule has 0 radical (unpaired) electrons. The second kappa shape index (κ2) is 7.91. The highest BCUT2D eigenvalue weighted by Crippen LogP contribution is 2.59. The predicted octanol–water partition coefficient (Wildman–Crippen LogP) is 3.68. The average Bonchev–Trinajstić information content (AvgIpc) is 3.43. The van der Waals surface area contributed by atoms with E-state index in [4.69, 9.17) is 0 Å². The van der Waals surface area contributed by atoms with Gasteiger partial charge in [0.1, 0.15) is 0 Å². The zero-order valence-corrected chi connectivity index (χ0v) is 17.0. The van der Waals surface area contributed by atoms with Crippen LogP contribution in [0.25, 0.3) is 0 Å². The Labute approximate surface area is 162 Å². The Balaban J connectivity index is 1.59. The standard InChI is InChI=1S/C22H32N2O3/c1-5-16(13-23-21(26)27-4)20(25)24-11-10-22(12-19(22)14-24)18-8-6-17(7-9-18)15(2)3/h6-9,15-16,19H,5,10-14H2,1-4H3,(H,23,26). The molecule has 1 heterocycles. The summed E-state index contributed by atoms with van der Waals surface area (Å²) in [7, 11) is 1.34. The molecule has 1 aromatic rings. The maximum Gasteiger partial charge on any atom is 0.406 e. The van der Waals surface area contributed by atoms with Gasteiger partial charge in [-0.2, -0.15) is 0 Å². The van der Waals surface area contributed by atoms with E-state index in [0.717, 1.165) is 19.5 Å². The Kier molecular flexibility index (Phi) is 5.78. The van der Waals surface area contributed by atoms with Gasteiger partial charge in [-0.25, -0.2) is 4.79 Å². The molecule has 2 fully saturated rings. The van der Waals surface area contributed by atoms with E-state index in [-0.39, 0.29) is 17.2 Å². The number of alkyl carbamates (subject to hydrolysis) is 1. The number of nitrogens with zero attached hydrogens (tertiary/aromatic N) is 1. The van der Waals surface area contributed by atoms with Gasteiger partial charge >= 0.3 is 6.09 Å². The lowest BCUT2D eigenvalue weighted by atomic mass is 9.85. The summed E-state index contributed by atoms with van der Waals surface area (Å²) in [4.78, 5) is 26.2. The van der Waals surface area contributed by atoms with Crippen molar-refractivity contribution < 1.29 is 14.3 Å². The molecule has 5 nitrogen and oxygen atoms in total. The van der Waals surface area contributed by atoms with Crippen LogP contribution in [0.15, 0.2) is 24.3 Å². The number of ether oxygens (including phenoxy) is 1. The van der Waals surface area contributed by atoms with Crippen molar-refractivity contribution in [3.8, 4) is 0 Å². The molecule has 5 heteroatoms. The summed E-state index contributed by atoms with van der Waals surface area (Å²) >= 11 is 0. The normalized spacial score (nSPS) is 24.9. The number of rotatable bonds is 6. The fourth-order valence-corrected chi connectivity index (χ4v) is 4.46. The van der Waals surface area contributed by atoms with Gasteiger partial charge in [0.05, 0.1) is 13.0 Å². The number of methoxy groups -OCH3 is 1. The quantitative estimate of drug-likeness (QED) is 0.829. The van der Waals surface area contributed by atoms with Gasteiger partial charge in [-0.3, -0.25) is 4.79 Å². The van der Waals surface area contributed by atoms with Gasteiger partial charge in [-0.05, 0) is 42.2 Å². The van der Waals surface area contributed by atoms with Crippen LogP contribution >= 0.6 is 0 Å². The van der Waals surface area contributed by atoms with Crippen LogP contribution in [0.3, 0.4) is 0 Å². The van der Waals surface area contributed by atoms with Crippen LogP contribution in [-0.2, 0) is 14.9 Å². The molecule has 3 rings (SSSR count). The van der Waals surface area contributed by atoms with Crippen LogP contribution in [-0.4, -0.2) is 43.6 Å². The van der Waals surface area contributed by atoms with E-state index in [2.05, 4.69) is 48.2 Å². The van der Waals surface area contributed by atoms with Crippen molar-refractivity contribution in [1.82, 2.24) is 10.2 Å². The van der Waals surface area contributed by atoms with Crippen molar-refractivity contribution in [3.05, 3.63) is 35.4 Å². The van der Waals surface area contributed by atoms with Crippen LogP contribution in [0.1, 0.15) is 57.1 Å². The molecule has 2 aliphatic rings. The Morgan fingerprint density at radius 3 is 2.56 bits per heavy atom. The summed E-state index contributed by atoms with van der Waals surface area (Å²) in [6.07, 6.45) is 2.44. The predicted molar refractivity (Wildman–Crippen MR) is 106 cm³/mol. The lowest BCUT2D eigenvalue weighted by Gasteiger charge is -2.34. The van der Waals surface area contributed by atoms with E-state index >= 15 is 0 Å². The molecule has 0 aromatic heterocycles. The Morgan fingerprint density at radius 1 is 1.30 bits per heavy atom. The number of likely N-dealkylation sites (tertiary alicyclic amines) is 1. The van der Waals surface area contributed by atoms with Gasteiger partial charge in [0.2, 0.25) is 5.91 Å². The summed E-state index contributed by atoms with van der Waals surface area (Å²) in [5.41, 5.74) is 3.09. The topological polar surface area (TPSA) is 58.6 Å². The molecule has 1 saturated carbocycles. The van der Waals surface area contributed by atoms with E-state index in [1.54, 1.807) is 0 Å². The Hall–Kier alpha value is -2.04. The van der Waals surface area contributed by atoms with Crippen LogP contribution in [0.5, 0.6) is 0 Å². The lowest BCUT2D eigenvalue weighted by molar-refractivity contribution is -0.136. The van der Waals surface area contributed by atoms with Gasteiger partial charge in [0.15, 0.2) is 0 Å². The maximum atomic E-state index is 12.9. The number of benzene rings is 1. The summed E-state index contributed by atoms with van der Waals surface area (Å²) in [5.74, 6) is 1.09. The molecule has 3 atom stereocenters. The monoisotopic (exact) mass is 372 g/mol. The molecular weight excluding hydrogens is 340 g/mol. The smallest absolute Gasteiger partial charge is 0.406 e. The van der Waals surface area contributed by atoms with E-state index < -0.39 is 6.09 Å². The molecule has 1 saturated heterocycles. The second-order valence-electron chi connectivity index (χ2n) is 8.35. The molecule has 1 aliphatic carbocycles. The summed E-state index contributed by atoms with van der Waals surface area (Å²) in [6.45, 7) is 8.40. The number of hydrogen-bond acceptors (Lipinski definition) is 3. The highest BCUT2D eigenvalue weighted by molar-refractivity contribution is 5.80. The minimum Gasteiger partial charge on any atom is -0.453 e. The highest BCUT2D eigenvalue weighted by atomic mass is 16.5. The minimum atomic E-state index is -0.481. The first-order chi connectivity index (χ1) is 12.9. The number of amides is 2. The molecule has 2 amide bonds. The molecule has 1 aliphatic heterocycles. The van der Waals surface area contributed by atoms with Gasteiger partial charge in [-0.1, -0.05) is 45.0 Å². The first-order valence-corrected chi connectivity index (χ1v) is 10.1. The van der Waals surface area contributed by atoms with Crippen LogP contribution < -0.4 is 5.32 Å². The molecular formula is C22H32N2O3. The number of carbonyl (C=O) groups excluding carboxylic acids is 2. The molecule has 27 heavy (non-hydrogen) atoms. The number of piperidine rings is 1. The van der Waals surface area contributed by atoms with Gasteiger partial charge in [0.25, 0.3) is 0 Å². The minimum absolute atomic E-state index is 0.157. The Bertz CT molecular complexity index is 685. The third-order valence-electron chi connectivity index (χ3n) is 6.48. The molecule has 1 N–H and O–H groups in total. The fourth-order valence-electron chi connectivity index (χ4n) is 4.46. The SMILES string of the molecule is CCC(CNC(=O)OC)C(=O)N1CCC2(c3ccc(C(C)C)cc3)CC2C1. The lowest BCUT2D eigenvalue weighted by Crippen LogP contribution is -2.46. The first-order valence-electron chi connectivity index (χ1n) is 10.1. The largest absolute Gasteiger partial charge is 0.453 e. The van der Waals surface area contributed by atoms with Crippen LogP contribution in [0.2, 0.25) is 0 Å². The first kappa shape index (κ1) is 19.7. The second-order valence-corrected chi connectivity index (χ2v) is 8.35. The van der Waals surface area contributed by atoms with Gasteiger partial charge < -0.3 is 15.0 Å². The maximum absolute atomic E-state index is 12.9. The zero-order chi connectivity index (χ0) is 19.6. The summed E-state index contributed by atoms with van der Waals surface area (Å²) in [6, 6.07) is 9.10. The number of hydrogen-bond donors (Lipinski definition) is 1. The number of carbonyl (C=O) groups is 2. The van der Waals surface area contributed by atoms with Crippen molar-refractivity contribution in [2.24, 2.45) is 11.8 Å². The van der Waals surface area contributed by atoms with Gasteiger partial charge in [-0.15, -0.1) is 0 Å². The van der Waals surface area contributed by atoms with Crippen molar-refractivity contribution in [1.29, 1.82) is 0 Å². The van der Waals surface area contributed by atoms with Crippen LogP contribution in [0, 0.1) is 11.8 Å². The van der Waals surface area contributed by atoms with Crippen molar-refractivity contribution in [2.75, 3.05) is 26.7 Å². The molecule has 0 bridgehead atoms. The Morgan fingerprint density at radius 2 is 2.00 bits per heavy atom. The third kappa shape index (κ3) is 3.97. The van der Waals surface area contributed by atoms with Crippen molar-refractivity contribution >= 4 is 12.0 Å². The van der Waals surface area contributed by atoms with Gasteiger partial charge in [0, 0.05) is 25.0 Å². The molecule has 3 unspecified atom stereocenters. The number of fused-ring (bicyclic) bond motifs is 1. The van der Waals surface area contributed by atoms with E-state index in [1.807, 2.05) is 11.8 Å². The summed E-state index contributed by atoms with van der Waals surface area (Å²) < 4.78 is 4.60. The van der Waals surface area contributed by atoms with E-state index in [0.29, 0.717) is 24.8 Å². The van der Waals surface area contributed by atoms with Crippen molar-refractivity contribution in [3.63, 3.8) is 0 Å². The van der Waals surface area contributed by atoms with E-state index in [1.165, 1.54) is 24.7 Å². The molecule has 0 spiro atoms. The number of nitrogens with one attached hydrogen (secondary N) is 1. The molecule has 148 valence electrons. The van der Waals surface area contributed by atoms with Crippen LogP contribution in [0.4, 0.5) is 4.79 Å². The zero-order valence-electron chi connectivity index (χ0n) is 17.0. The molecule has 1 aromatic carbocycles. The van der Waals surface area contributed by atoms with E-state index in [9.17, 15) is 9.59 Å². The van der Waals surface area contributed by atoms with Crippen molar-refractivity contribution in [2.45, 2.75) is 51.4 Å². The average molecular weight is 373 g/mol. The summed E-state index contributed by atoms with van der Waals surface area (Å²) in [5, 5.41) is 2.66. The third-order valence-corrected chi connectivity index (χ3v) is 6.48. The fraction of sp³-hybridized carbons (Fsp3) is 0.636. The highest BCUT2D eigenvalue weighted by Gasteiger charge is 2.58.